The molecular weight excluding hydrogens is 426 g/mol. The number of ether oxygens (including phenoxy) is 1. The number of benzene rings is 2. The number of aryl methyl sites for hydroxylation is 2. The molecule has 4 rings (SSSR count). The zero-order valence-electron chi connectivity index (χ0n) is 20.4. The molecular formula is C27H31N5O2. The molecule has 0 unspecified atom stereocenters. The van der Waals surface area contributed by atoms with Crippen LogP contribution in [0.3, 0.4) is 0 Å². The van der Waals surface area contributed by atoms with Crippen molar-refractivity contribution in [2.45, 2.75) is 53.3 Å². The Morgan fingerprint density at radius 3 is 2.44 bits per heavy atom. The monoisotopic (exact) mass is 457 g/mol. The molecule has 2 aromatic carbocycles. The molecule has 1 amide bonds. The van der Waals surface area contributed by atoms with Crippen LogP contribution in [0.4, 0.5) is 5.69 Å². The van der Waals surface area contributed by atoms with E-state index < -0.39 is 0 Å². The molecule has 0 saturated carbocycles. The van der Waals surface area contributed by atoms with Gasteiger partial charge in [0.25, 0.3) is 5.91 Å². The lowest BCUT2D eigenvalue weighted by molar-refractivity contribution is 0.102. The van der Waals surface area contributed by atoms with Crippen LogP contribution >= 0.6 is 0 Å². The van der Waals surface area contributed by atoms with Gasteiger partial charge in [0.15, 0.2) is 12.4 Å². The molecule has 34 heavy (non-hydrogen) atoms. The van der Waals surface area contributed by atoms with Crippen molar-refractivity contribution >= 4 is 11.6 Å². The average molecular weight is 458 g/mol. The second-order valence-corrected chi connectivity index (χ2v) is 9.53. The summed E-state index contributed by atoms with van der Waals surface area (Å²) in [5.41, 5.74) is 5.54. The third-order valence-corrected chi connectivity index (χ3v) is 5.58. The first kappa shape index (κ1) is 23.3. The Morgan fingerprint density at radius 1 is 1.00 bits per heavy atom. The molecule has 0 radical (unpaired) electrons. The summed E-state index contributed by atoms with van der Waals surface area (Å²) in [6, 6.07) is 19.5. The largest absolute Gasteiger partial charge is 0.471 e. The first-order valence-corrected chi connectivity index (χ1v) is 11.4. The maximum Gasteiger partial charge on any atom is 0.276 e. The van der Waals surface area contributed by atoms with Gasteiger partial charge in [-0.05, 0) is 66.8 Å². The summed E-state index contributed by atoms with van der Waals surface area (Å²) in [5.74, 6) is 0.491. The highest BCUT2D eigenvalue weighted by Crippen LogP contribution is 2.24. The zero-order chi connectivity index (χ0) is 24.3. The second-order valence-electron chi connectivity index (χ2n) is 9.53. The van der Waals surface area contributed by atoms with Crippen LogP contribution in [0.2, 0.25) is 0 Å². The van der Waals surface area contributed by atoms with E-state index in [1.165, 1.54) is 5.56 Å². The summed E-state index contributed by atoms with van der Waals surface area (Å²) in [6.07, 6.45) is 1.73. The van der Waals surface area contributed by atoms with Gasteiger partial charge in [0.1, 0.15) is 5.75 Å². The van der Waals surface area contributed by atoms with Crippen LogP contribution in [0.25, 0.3) is 0 Å². The van der Waals surface area contributed by atoms with Gasteiger partial charge in [-0.2, -0.15) is 10.2 Å². The standard InChI is InChI=1S/C27H31N5O2/c1-19-15-20(2)32(29-19)17-21-7-6-8-23(16-21)28-26(33)25-13-14-31(30-25)18-34-24-11-9-22(10-12-24)27(3,4)5/h6-16H,17-18H2,1-5H3,(H,28,33). The Labute approximate surface area is 200 Å². The number of hydrogen-bond donors (Lipinski definition) is 1. The lowest BCUT2D eigenvalue weighted by Gasteiger charge is -2.19. The first-order chi connectivity index (χ1) is 16.2. The van der Waals surface area contributed by atoms with Crippen LogP contribution < -0.4 is 10.1 Å². The third kappa shape index (κ3) is 5.73. The molecule has 2 heterocycles. The molecule has 0 aliphatic heterocycles. The molecule has 0 bridgehead atoms. The Morgan fingerprint density at radius 2 is 1.76 bits per heavy atom. The number of hydrogen-bond acceptors (Lipinski definition) is 4. The molecule has 0 fully saturated rings. The summed E-state index contributed by atoms with van der Waals surface area (Å²) in [4.78, 5) is 12.7. The van der Waals surface area contributed by atoms with E-state index >= 15 is 0 Å². The number of rotatable bonds is 7. The molecule has 176 valence electrons. The van der Waals surface area contributed by atoms with Crippen molar-refractivity contribution in [3.05, 3.63) is 95.1 Å². The van der Waals surface area contributed by atoms with Crippen LogP contribution in [-0.2, 0) is 18.7 Å². The predicted molar refractivity (Wildman–Crippen MR) is 133 cm³/mol. The minimum atomic E-state index is -0.267. The number of nitrogens with one attached hydrogen (secondary N) is 1. The lowest BCUT2D eigenvalue weighted by Crippen LogP contribution is -2.14. The molecule has 2 aromatic heterocycles. The molecule has 4 aromatic rings. The van der Waals surface area contributed by atoms with E-state index in [1.807, 2.05) is 61.0 Å². The minimum Gasteiger partial charge on any atom is -0.471 e. The van der Waals surface area contributed by atoms with Gasteiger partial charge in [-0.15, -0.1) is 0 Å². The van der Waals surface area contributed by atoms with Crippen molar-refractivity contribution in [2.24, 2.45) is 0 Å². The number of aromatic nitrogens is 4. The van der Waals surface area contributed by atoms with Crippen LogP contribution in [0.1, 0.15) is 53.8 Å². The number of carbonyl (C=O) groups excluding carboxylic acids is 1. The highest BCUT2D eigenvalue weighted by atomic mass is 16.5. The quantitative estimate of drug-likeness (QED) is 0.407. The van der Waals surface area contributed by atoms with Gasteiger partial charge >= 0.3 is 0 Å². The Hall–Kier alpha value is -3.87. The van der Waals surface area contributed by atoms with Crippen molar-refractivity contribution in [3.63, 3.8) is 0 Å². The maximum atomic E-state index is 12.7. The number of nitrogens with zero attached hydrogens (tertiary/aromatic N) is 4. The fraction of sp³-hybridized carbons (Fsp3) is 0.296. The van der Waals surface area contributed by atoms with Gasteiger partial charge in [0, 0.05) is 17.6 Å². The van der Waals surface area contributed by atoms with Crippen molar-refractivity contribution < 1.29 is 9.53 Å². The fourth-order valence-corrected chi connectivity index (χ4v) is 3.70. The van der Waals surface area contributed by atoms with E-state index in [-0.39, 0.29) is 18.1 Å². The molecule has 7 heteroatoms. The summed E-state index contributed by atoms with van der Waals surface area (Å²) < 4.78 is 9.37. The molecule has 0 aliphatic carbocycles. The minimum absolute atomic E-state index is 0.0967. The van der Waals surface area contributed by atoms with E-state index in [1.54, 1.807) is 16.9 Å². The van der Waals surface area contributed by atoms with Crippen LogP contribution in [0.15, 0.2) is 66.9 Å². The molecule has 0 atom stereocenters. The van der Waals surface area contributed by atoms with Gasteiger partial charge in [-0.3, -0.25) is 9.48 Å². The topological polar surface area (TPSA) is 74.0 Å². The smallest absolute Gasteiger partial charge is 0.276 e. The Kier molecular flexibility index (Phi) is 6.54. The van der Waals surface area contributed by atoms with Gasteiger partial charge in [0.05, 0.1) is 12.2 Å². The van der Waals surface area contributed by atoms with E-state index in [4.69, 9.17) is 4.74 Å². The average Bonchev–Trinajstić information content (AvgIpc) is 3.38. The number of anilines is 1. The van der Waals surface area contributed by atoms with Crippen molar-refractivity contribution in [1.29, 1.82) is 0 Å². The van der Waals surface area contributed by atoms with Crippen molar-refractivity contribution in [2.75, 3.05) is 5.32 Å². The highest BCUT2D eigenvalue weighted by Gasteiger charge is 2.14. The Bertz CT molecular complexity index is 1280. The predicted octanol–water partition coefficient (Wildman–Crippen LogP) is 5.33. The highest BCUT2D eigenvalue weighted by molar-refractivity contribution is 6.02. The Balaban J connectivity index is 1.35. The molecule has 0 aliphatic rings. The summed E-state index contributed by atoms with van der Waals surface area (Å²) in [7, 11) is 0. The van der Waals surface area contributed by atoms with Gasteiger partial charge < -0.3 is 10.1 Å². The lowest BCUT2D eigenvalue weighted by atomic mass is 9.87. The van der Waals surface area contributed by atoms with Crippen LogP contribution in [-0.4, -0.2) is 25.5 Å². The third-order valence-electron chi connectivity index (χ3n) is 5.58. The molecule has 7 nitrogen and oxygen atoms in total. The van der Waals surface area contributed by atoms with Crippen LogP contribution in [0.5, 0.6) is 5.75 Å². The first-order valence-electron chi connectivity index (χ1n) is 11.4. The zero-order valence-corrected chi connectivity index (χ0v) is 20.4. The van der Waals surface area contributed by atoms with E-state index in [9.17, 15) is 4.79 Å². The SMILES string of the molecule is Cc1cc(C)n(Cc2cccc(NC(=O)c3ccn(COc4ccc(C(C)(C)C)cc4)n3)c2)n1. The molecule has 0 spiro atoms. The van der Waals surface area contributed by atoms with E-state index in [0.29, 0.717) is 17.9 Å². The number of amides is 1. The summed E-state index contributed by atoms with van der Waals surface area (Å²) in [6.45, 7) is 11.4. The summed E-state index contributed by atoms with van der Waals surface area (Å²) in [5, 5.41) is 11.8. The number of carbonyl (C=O) groups is 1. The van der Waals surface area contributed by atoms with Gasteiger partial charge in [-0.1, -0.05) is 45.0 Å². The second kappa shape index (κ2) is 9.55. The normalized spacial score (nSPS) is 11.4. The van der Waals surface area contributed by atoms with Gasteiger partial charge in [0.2, 0.25) is 0 Å². The van der Waals surface area contributed by atoms with Crippen LogP contribution in [0, 0.1) is 13.8 Å². The summed E-state index contributed by atoms with van der Waals surface area (Å²) >= 11 is 0. The van der Waals surface area contributed by atoms with Crippen molar-refractivity contribution in [3.8, 4) is 5.75 Å². The van der Waals surface area contributed by atoms with Crippen molar-refractivity contribution in [1.82, 2.24) is 19.6 Å². The van der Waals surface area contributed by atoms with E-state index in [2.05, 4.69) is 48.4 Å². The molecule has 1 N–H and O–H groups in total. The fourth-order valence-electron chi connectivity index (χ4n) is 3.70. The van der Waals surface area contributed by atoms with E-state index in [0.717, 1.165) is 22.7 Å². The maximum absolute atomic E-state index is 12.7. The molecule has 0 saturated heterocycles. The van der Waals surface area contributed by atoms with Gasteiger partial charge in [-0.25, -0.2) is 4.68 Å².